The standard InChI is InChI=1S/C19H21BrO/c20-19(13-12-18-7-4-14-21-18)17-10-8-16(9-11-17)15-5-2-1-3-6-15/h1-3,5-6,8-11,18-19H,4,7,12-14H2. The normalized spacial score (nSPS) is 19.6. The van der Waals surface area contributed by atoms with Gasteiger partial charge in [0.05, 0.1) is 6.10 Å². The highest BCUT2D eigenvalue weighted by atomic mass is 79.9. The van der Waals surface area contributed by atoms with E-state index in [4.69, 9.17) is 4.74 Å². The molecule has 0 radical (unpaired) electrons. The van der Waals surface area contributed by atoms with Gasteiger partial charge in [0.15, 0.2) is 0 Å². The zero-order chi connectivity index (χ0) is 14.5. The van der Waals surface area contributed by atoms with Gasteiger partial charge in [0.2, 0.25) is 0 Å². The predicted octanol–water partition coefficient (Wildman–Crippen LogP) is 5.75. The Labute approximate surface area is 135 Å². The molecule has 2 atom stereocenters. The minimum Gasteiger partial charge on any atom is -0.378 e. The quantitative estimate of drug-likeness (QED) is 0.627. The van der Waals surface area contributed by atoms with Gasteiger partial charge in [0, 0.05) is 11.4 Å². The fraction of sp³-hybridized carbons (Fsp3) is 0.368. The van der Waals surface area contributed by atoms with E-state index in [1.54, 1.807) is 0 Å². The van der Waals surface area contributed by atoms with Crippen LogP contribution in [0.5, 0.6) is 0 Å². The molecule has 2 aromatic carbocycles. The van der Waals surface area contributed by atoms with Crippen LogP contribution >= 0.6 is 15.9 Å². The number of alkyl halides is 1. The lowest BCUT2D eigenvalue weighted by atomic mass is 10.0. The van der Waals surface area contributed by atoms with Crippen LogP contribution in [0.2, 0.25) is 0 Å². The molecule has 3 rings (SSSR count). The minimum atomic E-state index is 0.423. The average molecular weight is 345 g/mol. The summed E-state index contributed by atoms with van der Waals surface area (Å²) in [5.74, 6) is 0. The van der Waals surface area contributed by atoms with Gasteiger partial charge in [-0.15, -0.1) is 0 Å². The molecule has 2 unspecified atom stereocenters. The van der Waals surface area contributed by atoms with Gasteiger partial charge in [0.1, 0.15) is 0 Å². The van der Waals surface area contributed by atoms with Gasteiger partial charge in [-0.3, -0.25) is 0 Å². The van der Waals surface area contributed by atoms with Crippen molar-refractivity contribution in [3.63, 3.8) is 0 Å². The molecule has 21 heavy (non-hydrogen) atoms. The van der Waals surface area contributed by atoms with Crippen molar-refractivity contribution in [3.05, 3.63) is 60.2 Å². The SMILES string of the molecule is BrC(CCC1CCCO1)c1ccc(-c2ccccc2)cc1. The van der Waals surface area contributed by atoms with Crippen molar-refractivity contribution in [2.75, 3.05) is 6.61 Å². The molecule has 0 bridgehead atoms. The minimum absolute atomic E-state index is 0.423. The van der Waals surface area contributed by atoms with Gasteiger partial charge >= 0.3 is 0 Å². The maximum atomic E-state index is 5.70. The van der Waals surface area contributed by atoms with Crippen LogP contribution in [0.1, 0.15) is 36.1 Å². The molecule has 1 heterocycles. The van der Waals surface area contributed by atoms with E-state index >= 15 is 0 Å². The summed E-state index contributed by atoms with van der Waals surface area (Å²) in [6, 6.07) is 19.4. The lowest BCUT2D eigenvalue weighted by Crippen LogP contribution is -2.05. The van der Waals surface area contributed by atoms with E-state index in [2.05, 4.69) is 70.5 Å². The monoisotopic (exact) mass is 344 g/mol. The van der Waals surface area contributed by atoms with Gasteiger partial charge in [0.25, 0.3) is 0 Å². The topological polar surface area (TPSA) is 9.23 Å². The van der Waals surface area contributed by atoms with Crippen LogP contribution in [0.15, 0.2) is 54.6 Å². The van der Waals surface area contributed by atoms with Crippen LogP contribution in [0.3, 0.4) is 0 Å². The van der Waals surface area contributed by atoms with Crippen molar-refractivity contribution in [2.24, 2.45) is 0 Å². The van der Waals surface area contributed by atoms with Gasteiger partial charge in [-0.2, -0.15) is 0 Å². The summed E-state index contributed by atoms with van der Waals surface area (Å²) in [6.45, 7) is 0.948. The third-order valence-electron chi connectivity index (χ3n) is 4.15. The van der Waals surface area contributed by atoms with Crippen molar-refractivity contribution in [2.45, 2.75) is 36.6 Å². The van der Waals surface area contributed by atoms with Crippen LogP contribution in [0.25, 0.3) is 11.1 Å². The summed E-state index contributed by atoms with van der Waals surface area (Å²) >= 11 is 3.82. The molecule has 0 N–H and O–H groups in total. The Bertz CT molecular complexity index is 544. The highest BCUT2D eigenvalue weighted by molar-refractivity contribution is 9.09. The number of hydrogen-bond donors (Lipinski definition) is 0. The number of halogens is 1. The molecule has 0 spiro atoms. The molecular weight excluding hydrogens is 324 g/mol. The van der Waals surface area contributed by atoms with Crippen LogP contribution < -0.4 is 0 Å². The highest BCUT2D eigenvalue weighted by Crippen LogP contribution is 2.31. The Hall–Kier alpha value is -1.12. The van der Waals surface area contributed by atoms with E-state index in [1.807, 2.05) is 0 Å². The van der Waals surface area contributed by atoms with Crippen molar-refractivity contribution < 1.29 is 4.74 Å². The maximum Gasteiger partial charge on any atom is 0.0576 e. The van der Waals surface area contributed by atoms with Gasteiger partial charge in [-0.1, -0.05) is 70.5 Å². The molecule has 1 aliphatic heterocycles. The third kappa shape index (κ3) is 3.96. The van der Waals surface area contributed by atoms with Crippen LogP contribution in [0, 0.1) is 0 Å². The largest absolute Gasteiger partial charge is 0.378 e. The molecule has 0 aliphatic carbocycles. The maximum absolute atomic E-state index is 5.70. The smallest absolute Gasteiger partial charge is 0.0576 e. The molecule has 1 saturated heterocycles. The van der Waals surface area contributed by atoms with Crippen molar-refractivity contribution >= 4 is 15.9 Å². The summed E-state index contributed by atoms with van der Waals surface area (Å²) in [7, 11) is 0. The second-order valence-corrected chi connectivity index (χ2v) is 6.77. The zero-order valence-electron chi connectivity index (χ0n) is 12.2. The Balaban J connectivity index is 1.60. The molecule has 0 amide bonds. The van der Waals surface area contributed by atoms with Crippen molar-refractivity contribution in [3.8, 4) is 11.1 Å². The van der Waals surface area contributed by atoms with Crippen LogP contribution in [0.4, 0.5) is 0 Å². The second kappa shape index (κ2) is 7.24. The first-order chi connectivity index (χ1) is 10.3. The Kier molecular flexibility index (Phi) is 5.10. The molecular formula is C19H21BrO. The number of ether oxygens (including phenoxy) is 1. The molecule has 2 heteroatoms. The van der Waals surface area contributed by atoms with Gasteiger partial charge in [-0.05, 0) is 42.4 Å². The van der Waals surface area contributed by atoms with Crippen LogP contribution in [-0.2, 0) is 4.74 Å². The molecule has 1 nitrogen and oxygen atoms in total. The first-order valence-electron chi connectivity index (χ1n) is 7.74. The van der Waals surface area contributed by atoms with Gasteiger partial charge < -0.3 is 4.74 Å². The summed E-state index contributed by atoms with van der Waals surface area (Å²) in [5.41, 5.74) is 3.90. The lowest BCUT2D eigenvalue weighted by molar-refractivity contribution is 0.102. The second-order valence-electron chi connectivity index (χ2n) is 5.67. The van der Waals surface area contributed by atoms with Crippen molar-refractivity contribution in [1.29, 1.82) is 0 Å². The lowest BCUT2D eigenvalue weighted by Gasteiger charge is -2.14. The summed E-state index contributed by atoms with van der Waals surface area (Å²) in [5, 5.41) is 0. The van der Waals surface area contributed by atoms with E-state index in [1.165, 1.54) is 29.5 Å². The van der Waals surface area contributed by atoms with Crippen LogP contribution in [-0.4, -0.2) is 12.7 Å². The zero-order valence-corrected chi connectivity index (χ0v) is 13.8. The Morgan fingerprint density at radius 2 is 1.71 bits per heavy atom. The highest BCUT2D eigenvalue weighted by Gasteiger charge is 2.17. The predicted molar refractivity (Wildman–Crippen MR) is 91.8 cm³/mol. The molecule has 2 aromatic rings. The van der Waals surface area contributed by atoms with E-state index in [0.717, 1.165) is 19.4 Å². The average Bonchev–Trinajstić information content (AvgIpc) is 3.07. The summed E-state index contributed by atoms with van der Waals surface area (Å²) in [4.78, 5) is 0.423. The number of hydrogen-bond acceptors (Lipinski definition) is 1. The van der Waals surface area contributed by atoms with E-state index in [0.29, 0.717) is 10.9 Å². The molecule has 110 valence electrons. The van der Waals surface area contributed by atoms with Gasteiger partial charge in [-0.25, -0.2) is 0 Å². The first kappa shape index (κ1) is 14.8. The number of benzene rings is 2. The third-order valence-corrected chi connectivity index (χ3v) is 5.13. The van der Waals surface area contributed by atoms with E-state index in [-0.39, 0.29) is 0 Å². The Morgan fingerprint density at radius 1 is 1.00 bits per heavy atom. The summed E-state index contributed by atoms with van der Waals surface area (Å²) in [6.07, 6.45) is 5.22. The molecule has 0 saturated carbocycles. The Morgan fingerprint density at radius 3 is 2.38 bits per heavy atom. The van der Waals surface area contributed by atoms with E-state index < -0.39 is 0 Å². The number of rotatable bonds is 5. The fourth-order valence-corrected chi connectivity index (χ4v) is 3.46. The van der Waals surface area contributed by atoms with E-state index in [9.17, 15) is 0 Å². The van der Waals surface area contributed by atoms with Crippen molar-refractivity contribution in [1.82, 2.24) is 0 Å². The molecule has 0 aromatic heterocycles. The summed E-state index contributed by atoms with van der Waals surface area (Å²) < 4.78 is 5.70. The first-order valence-corrected chi connectivity index (χ1v) is 8.65. The molecule has 1 aliphatic rings. The molecule has 1 fully saturated rings. The fourth-order valence-electron chi connectivity index (χ4n) is 2.89.